The van der Waals surface area contributed by atoms with E-state index >= 15 is 0 Å². The molecule has 0 aromatic heterocycles. The van der Waals surface area contributed by atoms with Gasteiger partial charge in [0.15, 0.2) is 11.6 Å². The second-order valence-corrected chi connectivity index (χ2v) is 2.91. The van der Waals surface area contributed by atoms with Gasteiger partial charge in [-0.1, -0.05) is 13.0 Å². The molecule has 2 nitrogen and oxygen atoms in total. The summed E-state index contributed by atoms with van der Waals surface area (Å²) in [6, 6.07) is 4.71. The van der Waals surface area contributed by atoms with Gasteiger partial charge in [-0.3, -0.25) is 0 Å². The van der Waals surface area contributed by atoms with E-state index < -0.39 is 0 Å². The maximum atomic E-state index is 13.2. The van der Waals surface area contributed by atoms with Crippen molar-refractivity contribution >= 4 is 0 Å². The molecule has 0 aliphatic carbocycles. The Labute approximate surface area is 77.5 Å². The fourth-order valence-electron chi connectivity index (χ4n) is 1.15. The van der Waals surface area contributed by atoms with Crippen molar-refractivity contribution in [3.63, 3.8) is 0 Å². The van der Waals surface area contributed by atoms with Gasteiger partial charge in [-0.15, -0.1) is 0 Å². The lowest BCUT2D eigenvalue weighted by molar-refractivity contribution is 0.386. The maximum absolute atomic E-state index is 13.2. The van der Waals surface area contributed by atoms with E-state index in [2.05, 4.69) is 0 Å². The van der Waals surface area contributed by atoms with Crippen molar-refractivity contribution in [2.75, 3.05) is 7.11 Å². The van der Waals surface area contributed by atoms with Crippen molar-refractivity contribution in [2.45, 2.75) is 19.4 Å². The van der Waals surface area contributed by atoms with E-state index in [0.29, 0.717) is 0 Å². The molecular formula is C10H14FNO. The molecule has 0 spiro atoms. The number of hydrogen-bond acceptors (Lipinski definition) is 2. The van der Waals surface area contributed by atoms with Crippen molar-refractivity contribution in [1.82, 2.24) is 0 Å². The average molecular weight is 183 g/mol. The van der Waals surface area contributed by atoms with E-state index in [9.17, 15) is 4.39 Å². The van der Waals surface area contributed by atoms with Gasteiger partial charge in [0.05, 0.1) is 7.11 Å². The zero-order valence-corrected chi connectivity index (χ0v) is 7.88. The SMILES string of the molecule is CC[C@H](N)c1ccc(OC)c(F)c1. The highest BCUT2D eigenvalue weighted by Gasteiger charge is 2.07. The van der Waals surface area contributed by atoms with Crippen LogP contribution in [-0.2, 0) is 0 Å². The smallest absolute Gasteiger partial charge is 0.165 e. The molecule has 0 aliphatic rings. The third-order valence-corrected chi connectivity index (χ3v) is 2.04. The summed E-state index contributed by atoms with van der Waals surface area (Å²) in [6.45, 7) is 1.97. The lowest BCUT2D eigenvalue weighted by Gasteiger charge is -2.10. The molecule has 0 bridgehead atoms. The first kappa shape index (κ1) is 9.99. The molecule has 1 atom stereocenters. The Morgan fingerprint density at radius 3 is 2.69 bits per heavy atom. The van der Waals surface area contributed by atoms with Crippen LogP contribution in [0.2, 0.25) is 0 Å². The number of halogens is 1. The number of methoxy groups -OCH3 is 1. The summed E-state index contributed by atoms with van der Waals surface area (Å²) < 4.78 is 18.0. The van der Waals surface area contributed by atoms with Gasteiger partial charge in [-0.05, 0) is 24.1 Å². The van der Waals surface area contributed by atoms with E-state index in [0.717, 1.165) is 12.0 Å². The van der Waals surface area contributed by atoms with Crippen molar-refractivity contribution < 1.29 is 9.13 Å². The molecule has 0 saturated heterocycles. The molecule has 3 heteroatoms. The van der Waals surface area contributed by atoms with Crippen LogP contribution in [0.25, 0.3) is 0 Å². The number of ether oxygens (including phenoxy) is 1. The molecule has 13 heavy (non-hydrogen) atoms. The number of nitrogens with two attached hydrogens (primary N) is 1. The van der Waals surface area contributed by atoms with Gasteiger partial charge in [0.1, 0.15) is 0 Å². The van der Waals surface area contributed by atoms with Gasteiger partial charge in [0.2, 0.25) is 0 Å². The van der Waals surface area contributed by atoms with E-state index in [4.69, 9.17) is 10.5 Å². The van der Waals surface area contributed by atoms with Crippen molar-refractivity contribution in [3.8, 4) is 5.75 Å². The number of hydrogen-bond donors (Lipinski definition) is 1. The van der Waals surface area contributed by atoms with Crippen LogP contribution in [0.15, 0.2) is 18.2 Å². The number of benzene rings is 1. The standard InChI is InChI=1S/C10H14FNO/c1-3-9(12)7-4-5-10(13-2)8(11)6-7/h4-6,9H,3,12H2,1-2H3/t9-/m0/s1. The molecule has 1 aromatic carbocycles. The molecule has 1 rings (SSSR count). The first-order valence-electron chi connectivity index (χ1n) is 4.28. The normalized spacial score (nSPS) is 12.6. The molecule has 0 amide bonds. The fraction of sp³-hybridized carbons (Fsp3) is 0.400. The maximum Gasteiger partial charge on any atom is 0.165 e. The van der Waals surface area contributed by atoms with Crippen molar-refractivity contribution in [2.24, 2.45) is 5.73 Å². The topological polar surface area (TPSA) is 35.2 Å². The van der Waals surface area contributed by atoms with Gasteiger partial charge >= 0.3 is 0 Å². The molecular weight excluding hydrogens is 169 g/mol. The van der Waals surface area contributed by atoms with E-state index in [1.165, 1.54) is 13.2 Å². The first-order chi connectivity index (χ1) is 6.19. The third-order valence-electron chi connectivity index (χ3n) is 2.04. The summed E-state index contributed by atoms with van der Waals surface area (Å²) in [6.07, 6.45) is 0.797. The average Bonchev–Trinajstić information content (AvgIpc) is 2.16. The van der Waals surface area contributed by atoms with Gasteiger partial charge in [0.25, 0.3) is 0 Å². The van der Waals surface area contributed by atoms with Gasteiger partial charge < -0.3 is 10.5 Å². The molecule has 1 aromatic rings. The lowest BCUT2D eigenvalue weighted by Crippen LogP contribution is -2.08. The predicted molar refractivity (Wildman–Crippen MR) is 50.2 cm³/mol. The van der Waals surface area contributed by atoms with Crippen molar-refractivity contribution in [1.29, 1.82) is 0 Å². The zero-order valence-electron chi connectivity index (χ0n) is 7.88. The highest BCUT2D eigenvalue weighted by molar-refractivity contribution is 5.30. The van der Waals surface area contributed by atoms with Crippen LogP contribution >= 0.6 is 0 Å². The van der Waals surface area contributed by atoms with Gasteiger partial charge in [0, 0.05) is 6.04 Å². The van der Waals surface area contributed by atoms with Crippen LogP contribution < -0.4 is 10.5 Å². The van der Waals surface area contributed by atoms with Crippen LogP contribution in [-0.4, -0.2) is 7.11 Å². The minimum Gasteiger partial charge on any atom is -0.494 e. The quantitative estimate of drug-likeness (QED) is 0.780. The second kappa shape index (κ2) is 4.23. The van der Waals surface area contributed by atoms with Crippen molar-refractivity contribution in [3.05, 3.63) is 29.6 Å². The minimum atomic E-state index is -0.357. The summed E-state index contributed by atoms with van der Waals surface area (Å²) in [5, 5.41) is 0. The Bertz CT molecular complexity index is 288. The molecule has 2 N–H and O–H groups in total. The van der Waals surface area contributed by atoms with Gasteiger partial charge in [-0.2, -0.15) is 0 Å². The lowest BCUT2D eigenvalue weighted by atomic mass is 10.1. The van der Waals surface area contributed by atoms with E-state index in [-0.39, 0.29) is 17.6 Å². The highest BCUT2D eigenvalue weighted by Crippen LogP contribution is 2.21. The van der Waals surface area contributed by atoms with Crippen LogP contribution in [0.1, 0.15) is 24.9 Å². The molecule has 0 fully saturated rings. The largest absolute Gasteiger partial charge is 0.494 e. The number of rotatable bonds is 3. The van der Waals surface area contributed by atoms with Crippen LogP contribution in [0.5, 0.6) is 5.75 Å². The molecule has 0 heterocycles. The Morgan fingerprint density at radius 1 is 1.54 bits per heavy atom. The third kappa shape index (κ3) is 2.18. The highest BCUT2D eigenvalue weighted by atomic mass is 19.1. The summed E-state index contributed by atoms with van der Waals surface area (Å²) >= 11 is 0. The second-order valence-electron chi connectivity index (χ2n) is 2.91. The van der Waals surface area contributed by atoms with Crippen LogP contribution in [0.3, 0.4) is 0 Å². The fourth-order valence-corrected chi connectivity index (χ4v) is 1.15. The molecule has 72 valence electrons. The summed E-state index contributed by atoms with van der Waals surface area (Å²) in [4.78, 5) is 0. The zero-order chi connectivity index (χ0) is 9.84. The monoisotopic (exact) mass is 183 g/mol. The summed E-state index contributed by atoms with van der Waals surface area (Å²) in [5.74, 6) is -0.101. The molecule has 0 unspecified atom stereocenters. The van der Waals surface area contributed by atoms with Crippen LogP contribution in [0.4, 0.5) is 4.39 Å². The summed E-state index contributed by atoms with van der Waals surface area (Å²) in [5.41, 5.74) is 6.55. The Hall–Kier alpha value is -1.09. The van der Waals surface area contributed by atoms with E-state index in [1.54, 1.807) is 12.1 Å². The van der Waals surface area contributed by atoms with Gasteiger partial charge in [-0.25, -0.2) is 4.39 Å². The van der Waals surface area contributed by atoms with E-state index in [1.807, 2.05) is 6.92 Å². The van der Waals surface area contributed by atoms with Crippen LogP contribution in [0, 0.1) is 5.82 Å². The predicted octanol–water partition coefficient (Wildman–Crippen LogP) is 2.24. The molecule has 0 aliphatic heterocycles. The Balaban J connectivity index is 2.95. The Morgan fingerprint density at radius 2 is 2.23 bits per heavy atom. The molecule has 0 radical (unpaired) electrons. The minimum absolute atomic E-state index is 0.0968. The summed E-state index contributed by atoms with van der Waals surface area (Å²) in [7, 11) is 1.44. The first-order valence-corrected chi connectivity index (χ1v) is 4.28. The Kier molecular flexibility index (Phi) is 3.25. The molecule has 0 saturated carbocycles.